The quantitative estimate of drug-likeness (QED) is 0.374. The van der Waals surface area contributed by atoms with Gasteiger partial charge in [0, 0.05) is 34.9 Å². The monoisotopic (exact) mass is 777 g/mol. The molecule has 0 spiro atoms. The molecule has 4 heterocycles. The number of allylic oxidation sites excluding steroid dienone is 2. The summed E-state index contributed by atoms with van der Waals surface area (Å²) in [5, 5.41) is 6.62. The standard InChI is InChI=1S/C40H51N5O9S/c1-39(2)17-10-11-26-19-30-25(20-33(26)52-3)16-18-41-35(30)54-28-21-32-34(46)43-40(37(48)44-55(50,51)29-14-15-29)22-27(40)12-8-6-4-5-7-9-13-31(36(47)45(32)23-28)42-38(49)53-24-39/h8,10-12,16,18-20,27-29,31-32H,4-7,9,13-15,17,21-24H2,1-3H3,(H,42,49)(H,43,46)(H,44,48)/b11-10-,12-8-. The predicted octanol–water partition coefficient (Wildman–Crippen LogP) is 4.52. The Hall–Kier alpha value is -4.66. The number of rotatable bonds is 4. The summed E-state index contributed by atoms with van der Waals surface area (Å²) >= 11 is 0. The van der Waals surface area contributed by atoms with E-state index >= 15 is 0 Å². The van der Waals surface area contributed by atoms with E-state index in [1.807, 2.05) is 56.4 Å². The maximum atomic E-state index is 14.6. The molecule has 2 aromatic rings. The highest BCUT2D eigenvalue weighted by Crippen LogP contribution is 2.46. The van der Waals surface area contributed by atoms with Gasteiger partial charge in [0.05, 0.1) is 25.5 Å². The van der Waals surface area contributed by atoms with Gasteiger partial charge in [-0.05, 0) is 68.5 Å². The number of amides is 4. The Kier molecular flexibility index (Phi) is 10.9. The molecule has 5 unspecified atom stereocenters. The number of ether oxygens (including phenoxy) is 3. The zero-order valence-electron chi connectivity index (χ0n) is 31.7. The number of hydrogen-bond donors (Lipinski definition) is 3. The van der Waals surface area contributed by atoms with Gasteiger partial charge >= 0.3 is 6.09 Å². The number of carbonyl (C=O) groups excluding carboxylic acids is 4. The summed E-state index contributed by atoms with van der Waals surface area (Å²) in [4.78, 5) is 62.1. The number of aromatic nitrogens is 1. The second-order valence-electron chi connectivity index (χ2n) is 16.3. The highest BCUT2D eigenvalue weighted by atomic mass is 32.2. The Morgan fingerprint density at radius 3 is 2.65 bits per heavy atom. The van der Waals surface area contributed by atoms with Gasteiger partial charge in [-0.3, -0.25) is 19.1 Å². The van der Waals surface area contributed by atoms with Crippen molar-refractivity contribution in [2.45, 2.75) is 113 Å². The Balaban J connectivity index is 1.25. The van der Waals surface area contributed by atoms with Crippen LogP contribution in [0.2, 0.25) is 0 Å². The lowest BCUT2D eigenvalue weighted by molar-refractivity contribution is -0.141. The molecule has 5 aliphatic rings. The molecule has 1 aromatic heterocycles. The van der Waals surface area contributed by atoms with Crippen molar-refractivity contribution < 1.29 is 41.8 Å². The van der Waals surface area contributed by atoms with E-state index in [1.165, 1.54) is 4.90 Å². The van der Waals surface area contributed by atoms with Gasteiger partial charge in [0.25, 0.3) is 5.91 Å². The topological polar surface area (TPSA) is 182 Å². The average Bonchev–Trinajstić information content (AvgIpc) is 4.07. The van der Waals surface area contributed by atoms with E-state index in [0.29, 0.717) is 49.1 Å². The van der Waals surface area contributed by atoms with E-state index in [-0.39, 0.29) is 26.0 Å². The van der Waals surface area contributed by atoms with Crippen molar-refractivity contribution in [2.24, 2.45) is 11.3 Å². The minimum atomic E-state index is -3.89. The number of fused-ring (bicyclic) bond motifs is 4. The normalized spacial score (nSPS) is 30.1. The lowest BCUT2D eigenvalue weighted by Crippen LogP contribution is -2.58. The third kappa shape index (κ3) is 8.61. The zero-order valence-corrected chi connectivity index (χ0v) is 32.5. The molecule has 3 N–H and O–H groups in total. The van der Waals surface area contributed by atoms with Crippen molar-refractivity contribution in [2.75, 3.05) is 20.3 Å². The van der Waals surface area contributed by atoms with E-state index in [1.54, 1.807) is 13.3 Å². The number of sulfonamides is 1. The first-order valence-electron chi connectivity index (χ1n) is 19.4. The lowest BCUT2D eigenvalue weighted by atomic mass is 9.90. The molecule has 14 nitrogen and oxygen atoms in total. The van der Waals surface area contributed by atoms with Gasteiger partial charge in [-0.1, -0.05) is 57.4 Å². The molecule has 5 atom stereocenters. The van der Waals surface area contributed by atoms with Gasteiger partial charge in [0.15, 0.2) is 0 Å². The molecule has 55 heavy (non-hydrogen) atoms. The fourth-order valence-corrected chi connectivity index (χ4v) is 9.15. The van der Waals surface area contributed by atoms with Crippen molar-refractivity contribution in [3.8, 4) is 11.6 Å². The third-order valence-electron chi connectivity index (χ3n) is 11.3. The zero-order chi connectivity index (χ0) is 39.0. The fourth-order valence-electron chi connectivity index (χ4n) is 7.78. The smallest absolute Gasteiger partial charge is 0.407 e. The lowest BCUT2D eigenvalue weighted by Gasteiger charge is -2.30. The van der Waals surface area contributed by atoms with E-state index in [0.717, 1.165) is 36.6 Å². The second-order valence-corrected chi connectivity index (χ2v) is 18.3. The Morgan fingerprint density at radius 2 is 1.87 bits per heavy atom. The van der Waals surface area contributed by atoms with E-state index in [4.69, 9.17) is 14.2 Å². The summed E-state index contributed by atoms with van der Waals surface area (Å²) in [6, 6.07) is 3.59. The number of alkyl carbamates (subject to hydrolysis) is 1. The number of nitrogens with zero attached hydrogens (tertiary/aromatic N) is 2. The van der Waals surface area contributed by atoms with Crippen molar-refractivity contribution in [1.82, 2.24) is 25.2 Å². The average molecular weight is 778 g/mol. The summed E-state index contributed by atoms with van der Waals surface area (Å²) in [6.07, 6.45) is 14.1. The molecular formula is C40H51N5O9S. The number of carbonyl (C=O) groups is 4. The van der Waals surface area contributed by atoms with Crippen LogP contribution in [0.3, 0.4) is 0 Å². The first-order chi connectivity index (χ1) is 26.3. The molecule has 3 fully saturated rings. The number of hydrogen-bond acceptors (Lipinski definition) is 10. The van der Waals surface area contributed by atoms with Gasteiger partial charge in [0.2, 0.25) is 27.7 Å². The highest BCUT2D eigenvalue weighted by Gasteiger charge is 2.62. The van der Waals surface area contributed by atoms with Gasteiger partial charge in [-0.2, -0.15) is 0 Å². The third-order valence-corrected chi connectivity index (χ3v) is 13.1. The van der Waals surface area contributed by atoms with Crippen molar-refractivity contribution >= 4 is 50.7 Å². The van der Waals surface area contributed by atoms with Crippen LogP contribution in [0, 0.1) is 11.3 Å². The van der Waals surface area contributed by atoms with E-state index in [2.05, 4.69) is 20.3 Å². The maximum Gasteiger partial charge on any atom is 0.407 e. The molecule has 15 heteroatoms. The van der Waals surface area contributed by atoms with E-state index < -0.39 is 74.1 Å². The van der Waals surface area contributed by atoms with E-state index in [9.17, 15) is 27.6 Å². The van der Waals surface area contributed by atoms with Crippen LogP contribution in [0.5, 0.6) is 11.6 Å². The first-order valence-corrected chi connectivity index (χ1v) is 20.9. The number of cyclic esters (lactones) is 1. The number of benzene rings is 1. The van der Waals surface area contributed by atoms with Crippen LogP contribution in [-0.4, -0.2) is 91.4 Å². The molecule has 5 bridgehead atoms. The molecule has 3 aliphatic heterocycles. The number of methoxy groups -OCH3 is 1. The molecule has 296 valence electrons. The largest absolute Gasteiger partial charge is 0.496 e. The second kappa shape index (κ2) is 15.5. The molecule has 0 radical (unpaired) electrons. The summed E-state index contributed by atoms with van der Waals surface area (Å²) in [5.74, 6) is -1.32. The molecule has 2 saturated carbocycles. The Bertz CT molecular complexity index is 2010. The van der Waals surface area contributed by atoms with Crippen LogP contribution in [0.4, 0.5) is 4.79 Å². The number of nitrogens with one attached hydrogen (secondary N) is 3. The SMILES string of the molecule is COc1cc2ccnc3c2cc1/C=C\CC(C)(C)COC(=O)NC1CCCCCC/C=C\C2CC2(C(=O)NS(=O)(=O)C2CC2)NC(=O)C2CC(CN2C1=O)O3. The predicted molar refractivity (Wildman–Crippen MR) is 204 cm³/mol. The van der Waals surface area contributed by atoms with Gasteiger partial charge in [-0.15, -0.1) is 0 Å². The van der Waals surface area contributed by atoms with Crippen molar-refractivity contribution in [3.63, 3.8) is 0 Å². The van der Waals surface area contributed by atoms with Crippen LogP contribution in [0.15, 0.2) is 42.6 Å². The Morgan fingerprint density at radius 1 is 1.07 bits per heavy atom. The molecular weight excluding hydrogens is 727 g/mol. The molecule has 4 amide bonds. The van der Waals surface area contributed by atoms with Crippen molar-refractivity contribution in [1.29, 1.82) is 0 Å². The van der Waals surface area contributed by atoms with Gasteiger partial charge in [-0.25, -0.2) is 18.2 Å². The highest BCUT2D eigenvalue weighted by molar-refractivity contribution is 7.91. The molecule has 7 rings (SSSR count). The molecule has 1 saturated heterocycles. The van der Waals surface area contributed by atoms with Crippen LogP contribution in [0.1, 0.15) is 90.0 Å². The fraction of sp³-hybridized carbons (Fsp3) is 0.575. The molecule has 2 aliphatic carbocycles. The number of pyridine rings is 1. The van der Waals surface area contributed by atoms with Crippen LogP contribution < -0.4 is 24.8 Å². The maximum absolute atomic E-state index is 14.6. The summed E-state index contributed by atoms with van der Waals surface area (Å²) in [7, 11) is -2.29. The minimum absolute atomic E-state index is 0.00323. The van der Waals surface area contributed by atoms with Crippen LogP contribution >= 0.6 is 0 Å². The van der Waals surface area contributed by atoms with Crippen molar-refractivity contribution in [3.05, 3.63) is 48.2 Å². The van der Waals surface area contributed by atoms with Gasteiger partial charge in [0.1, 0.15) is 29.5 Å². The molecule has 1 aromatic carbocycles. The van der Waals surface area contributed by atoms with Crippen LogP contribution in [0.25, 0.3) is 16.8 Å². The Labute approximate surface area is 321 Å². The minimum Gasteiger partial charge on any atom is -0.496 e. The summed E-state index contributed by atoms with van der Waals surface area (Å²) in [6.45, 7) is 4.05. The summed E-state index contributed by atoms with van der Waals surface area (Å²) < 4.78 is 45.9. The summed E-state index contributed by atoms with van der Waals surface area (Å²) in [5.41, 5.74) is -1.15. The van der Waals surface area contributed by atoms with Crippen LogP contribution in [-0.2, 0) is 29.1 Å². The first kappa shape index (κ1) is 38.6. The van der Waals surface area contributed by atoms with Gasteiger partial charge < -0.3 is 29.7 Å².